The quantitative estimate of drug-likeness (QED) is 0.772. The first-order valence-corrected chi connectivity index (χ1v) is 8.35. The molecule has 124 valence electrons. The lowest BCUT2D eigenvalue weighted by Crippen LogP contribution is -2.46. The van der Waals surface area contributed by atoms with Gasteiger partial charge in [0.05, 0.1) is 5.56 Å². The zero-order valence-electron chi connectivity index (χ0n) is 13.0. The van der Waals surface area contributed by atoms with Crippen molar-refractivity contribution in [1.29, 1.82) is 0 Å². The minimum atomic E-state index is -4.31. The van der Waals surface area contributed by atoms with E-state index in [1.54, 1.807) is 12.1 Å². The molecule has 0 spiro atoms. The second kappa shape index (κ2) is 7.32. The molecule has 6 heteroatoms. The number of rotatable bonds is 4. The van der Waals surface area contributed by atoms with Gasteiger partial charge in [0.2, 0.25) is 0 Å². The van der Waals surface area contributed by atoms with Crippen LogP contribution < -0.4 is 0 Å². The third kappa shape index (κ3) is 4.96. The summed E-state index contributed by atoms with van der Waals surface area (Å²) in [7, 11) is 0. The lowest BCUT2D eigenvalue weighted by molar-refractivity contribution is -0.138. The van der Waals surface area contributed by atoms with Crippen molar-refractivity contribution >= 4 is 15.9 Å². The molecule has 0 N–H and O–H groups in total. The number of alkyl halides is 3. The number of halogens is 4. The fraction of sp³-hybridized carbons (Fsp3) is 0.625. The molecule has 2 nitrogen and oxygen atoms in total. The smallest absolute Gasteiger partial charge is 0.301 e. The molecule has 1 heterocycles. The highest BCUT2D eigenvalue weighted by Gasteiger charge is 2.32. The third-order valence-corrected chi connectivity index (χ3v) is 4.49. The van der Waals surface area contributed by atoms with E-state index in [4.69, 9.17) is 0 Å². The molecule has 1 saturated heterocycles. The monoisotopic (exact) mass is 378 g/mol. The zero-order chi connectivity index (χ0) is 16.3. The summed E-state index contributed by atoms with van der Waals surface area (Å²) in [6.07, 6.45) is -4.31. The average molecular weight is 379 g/mol. The van der Waals surface area contributed by atoms with E-state index >= 15 is 0 Å². The molecule has 0 amide bonds. The van der Waals surface area contributed by atoms with Crippen LogP contribution in [0.25, 0.3) is 0 Å². The van der Waals surface area contributed by atoms with Crippen LogP contribution in [0.3, 0.4) is 0 Å². The van der Waals surface area contributed by atoms with Crippen molar-refractivity contribution in [1.82, 2.24) is 9.80 Å². The van der Waals surface area contributed by atoms with Crippen LogP contribution in [-0.2, 0) is 12.7 Å². The van der Waals surface area contributed by atoms with Crippen LogP contribution in [0.15, 0.2) is 22.7 Å². The van der Waals surface area contributed by atoms with Gasteiger partial charge in [0, 0.05) is 43.7 Å². The minimum Gasteiger partial charge on any atom is -0.301 e. The first-order valence-electron chi connectivity index (χ1n) is 7.56. The Kier molecular flexibility index (Phi) is 5.91. The molecule has 1 aliphatic rings. The van der Waals surface area contributed by atoms with Crippen molar-refractivity contribution in [3.63, 3.8) is 0 Å². The number of hydrogen-bond donors (Lipinski definition) is 0. The van der Waals surface area contributed by atoms with Gasteiger partial charge >= 0.3 is 6.18 Å². The molecule has 0 unspecified atom stereocenters. The first kappa shape index (κ1) is 17.8. The van der Waals surface area contributed by atoms with Gasteiger partial charge in [-0.2, -0.15) is 13.2 Å². The van der Waals surface area contributed by atoms with Crippen molar-refractivity contribution in [2.75, 3.05) is 32.7 Å². The largest absolute Gasteiger partial charge is 0.417 e. The fourth-order valence-corrected chi connectivity index (χ4v) is 3.44. The van der Waals surface area contributed by atoms with Crippen LogP contribution in [0.5, 0.6) is 0 Å². The second-order valence-corrected chi connectivity index (χ2v) is 7.14. The molecular weight excluding hydrogens is 357 g/mol. The average Bonchev–Trinajstić information content (AvgIpc) is 2.39. The molecule has 0 bridgehead atoms. The van der Waals surface area contributed by atoms with Crippen LogP contribution in [-0.4, -0.2) is 42.5 Å². The molecule has 1 aromatic carbocycles. The summed E-state index contributed by atoms with van der Waals surface area (Å²) < 4.78 is 38.3. The van der Waals surface area contributed by atoms with E-state index in [1.807, 2.05) is 0 Å². The van der Waals surface area contributed by atoms with Crippen LogP contribution in [0.2, 0.25) is 0 Å². The highest BCUT2D eigenvalue weighted by atomic mass is 79.9. The summed E-state index contributed by atoms with van der Waals surface area (Å²) in [4.78, 5) is 4.75. The third-order valence-electron chi connectivity index (χ3n) is 3.83. The fourth-order valence-electron chi connectivity index (χ4n) is 2.79. The summed E-state index contributed by atoms with van der Waals surface area (Å²) in [5.41, 5.74) is 0.301. The van der Waals surface area contributed by atoms with Gasteiger partial charge in [-0.25, -0.2) is 0 Å². The van der Waals surface area contributed by atoms with E-state index in [1.165, 1.54) is 0 Å². The van der Waals surface area contributed by atoms with E-state index in [0.717, 1.165) is 44.4 Å². The molecular formula is C16H22BrF3N2. The maximum Gasteiger partial charge on any atom is 0.417 e. The Bertz CT molecular complexity index is 495. The van der Waals surface area contributed by atoms with Crippen molar-refractivity contribution in [3.05, 3.63) is 33.8 Å². The minimum absolute atomic E-state index is 0.121. The van der Waals surface area contributed by atoms with Crippen LogP contribution in [0.4, 0.5) is 13.2 Å². The van der Waals surface area contributed by atoms with Gasteiger partial charge in [-0.15, -0.1) is 0 Å². The number of piperazine rings is 1. The van der Waals surface area contributed by atoms with Gasteiger partial charge in [0.25, 0.3) is 0 Å². The molecule has 22 heavy (non-hydrogen) atoms. The molecule has 1 fully saturated rings. The highest BCUT2D eigenvalue weighted by Crippen LogP contribution is 2.35. The lowest BCUT2D eigenvalue weighted by atomic mass is 10.1. The van der Waals surface area contributed by atoms with E-state index < -0.39 is 11.7 Å². The van der Waals surface area contributed by atoms with Gasteiger partial charge in [-0.05, 0) is 23.6 Å². The van der Waals surface area contributed by atoms with Crippen molar-refractivity contribution in [2.45, 2.75) is 26.6 Å². The molecule has 0 saturated carbocycles. The Balaban J connectivity index is 1.91. The summed E-state index contributed by atoms with van der Waals surface area (Å²) in [6.45, 7) is 10.2. The van der Waals surface area contributed by atoms with Gasteiger partial charge in [-0.1, -0.05) is 35.8 Å². The topological polar surface area (TPSA) is 6.48 Å². The van der Waals surface area contributed by atoms with E-state index in [9.17, 15) is 13.2 Å². The summed E-state index contributed by atoms with van der Waals surface area (Å²) in [5, 5.41) is 0. The van der Waals surface area contributed by atoms with E-state index in [-0.39, 0.29) is 4.47 Å². The summed E-state index contributed by atoms with van der Waals surface area (Å²) in [6, 6.07) is 4.33. The van der Waals surface area contributed by atoms with Gasteiger partial charge in [-0.3, -0.25) is 4.90 Å². The lowest BCUT2D eigenvalue weighted by Gasteiger charge is -2.35. The molecule has 0 atom stereocenters. The Morgan fingerprint density at radius 1 is 1.09 bits per heavy atom. The molecule has 0 radical (unpaired) electrons. The Hall–Kier alpha value is -0.590. The van der Waals surface area contributed by atoms with Gasteiger partial charge < -0.3 is 4.90 Å². The normalized spacial score (nSPS) is 18.1. The van der Waals surface area contributed by atoms with Gasteiger partial charge in [0.15, 0.2) is 0 Å². The zero-order valence-corrected chi connectivity index (χ0v) is 14.5. The predicted octanol–water partition coefficient (Wildman–Crippen LogP) is 4.24. The Morgan fingerprint density at radius 2 is 1.68 bits per heavy atom. The van der Waals surface area contributed by atoms with E-state index in [0.29, 0.717) is 12.5 Å². The first-order chi connectivity index (χ1) is 10.3. The summed E-state index contributed by atoms with van der Waals surface area (Å²) in [5.74, 6) is 0.664. The standard InChI is InChI=1S/C16H22BrF3N2/c1-12(2)10-21-5-7-22(8-6-21)11-13-3-4-14(15(17)9-13)16(18,19)20/h3-4,9,12H,5-8,10-11H2,1-2H3. The predicted molar refractivity (Wildman–Crippen MR) is 85.7 cm³/mol. The molecule has 1 aromatic rings. The molecule has 0 aliphatic carbocycles. The van der Waals surface area contributed by atoms with Crippen molar-refractivity contribution < 1.29 is 13.2 Å². The van der Waals surface area contributed by atoms with Crippen molar-refractivity contribution in [3.8, 4) is 0 Å². The van der Waals surface area contributed by atoms with Crippen LogP contribution in [0, 0.1) is 5.92 Å². The summed E-state index contributed by atoms with van der Waals surface area (Å²) >= 11 is 3.04. The molecule has 2 rings (SSSR count). The SMILES string of the molecule is CC(C)CN1CCN(Cc2ccc(C(F)(F)F)c(Br)c2)CC1. The number of hydrogen-bond acceptors (Lipinski definition) is 2. The van der Waals surface area contributed by atoms with Crippen LogP contribution >= 0.6 is 15.9 Å². The molecule has 0 aromatic heterocycles. The number of benzene rings is 1. The van der Waals surface area contributed by atoms with Crippen LogP contribution in [0.1, 0.15) is 25.0 Å². The second-order valence-electron chi connectivity index (χ2n) is 6.28. The molecule has 1 aliphatic heterocycles. The highest BCUT2D eigenvalue weighted by molar-refractivity contribution is 9.10. The Labute approximate surface area is 138 Å². The van der Waals surface area contributed by atoms with Gasteiger partial charge in [0.1, 0.15) is 0 Å². The van der Waals surface area contributed by atoms with Crippen molar-refractivity contribution in [2.24, 2.45) is 5.92 Å². The van der Waals surface area contributed by atoms with E-state index in [2.05, 4.69) is 39.6 Å². The maximum absolute atomic E-state index is 12.7. The Morgan fingerprint density at radius 3 is 2.18 bits per heavy atom. The number of nitrogens with zero attached hydrogens (tertiary/aromatic N) is 2. The maximum atomic E-state index is 12.7.